The Bertz CT molecular complexity index is 330. The van der Waals surface area contributed by atoms with Crippen molar-refractivity contribution in [3.63, 3.8) is 0 Å². The zero-order valence-electron chi connectivity index (χ0n) is 9.36. The number of hydrogen-bond donors (Lipinski definition) is 1. The minimum Gasteiger partial charge on any atom is -0.328 e. The largest absolute Gasteiger partial charge is 0.328 e. The highest BCUT2D eigenvalue weighted by molar-refractivity contribution is 9.11. The van der Waals surface area contributed by atoms with Crippen LogP contribution in [0.1, 0.15) is 18.9 Å². The highest BCUT2D eigenvalue weighted by Crippen LogP contribution is 2.25. The molecule has 5 heteroatoms. The van der Waals surface area contributed by atoms with Crippen LogP contribution in [0.2, 0.25) is 0 Å². The van der Waals surface area contributed by atoms with Crippen LogP contribution >= 0.6 is 39.7 Å². The molecule has 1 saturated heterocycles. The zero-order chi connectivity index (χ0) is 10.8. The smallest absolute Gasteiger partial charge is 0.0701 e. The monoisotopic (exact) mass is 324 g/mol. The van der Waals surface area contributed by atoms with Gasteiger partial charge in [0.2, 0.25) is 0 Å². The molecule has 2 atom stereocenters. The molecule has 2 heterocycles. The van der Waals surface area contributed by atoms with E-state index in [2.05, 4.69) is 39.2 Å². The first-order valence-corrected chi connectivity index (χ1v) is 7.03. The molecule has 2 N–H and O–H groups in total. The summed E-state index contributed by atoms with van der Waals surface area (Å²) in [5.74, 6) is 0.687. The van der Waals surface area contributed by atoms with E-state index in [1.54, 1.807) is 11.3 Å². The molecule has 0 spiro atoms. The quantitative estimate of drug-likeness (QED) is 0.925. The highest BCUT2D eigenvalue weighted by atomic mass is 79.9. The second kappa shape index (κ2) is 6.36. The zero-order valence-corrected chi connectivity index (χ0v) is 12.6. The second-order valence-electron chi connectivity index (χ2n) is 4.40. The predicted molar refractivity (Wildman–Crippen MR) is 76.3 cm³/mol. The summed E-state index contributed by atoms with van der Waals surface area (Å²) in [7, 11) is 0. The first-order chi connectivity index (χ1) is 7.15. The highest BCUT2D eigenvalue weighted by Gasteiger charge is 2.24. The summed E-state index contributed by atoms with van der Waals surface area (Å²) < 4.78 is 1.22. The lowest BCUT2D eigenvalue weighted by Crippen LogP contribution is -2.29. The van der Waals surface area contributed by atoms with E-state index in [0.717, 1.165) is 13.1 Å². The third-order valence-corrected chi connectivity index (χ3v) is 4.63. The van der Waals surface area contributed by atoms with Gasteiger partial charge in [-0.2, -0.15) is 0 Å². The molecule has 1 fully saturated rings. The van der Waals surface area contributed by atoms with Gasteiger partial charge >= 0.3 is 0 Å². The van der Waals surface area contributed by atoms with E-state index in [9.17, 15) is 0 Å². The summed E-state index contributed by atoms with van der Waals surface area (Å²) in [6.45, 7) is 5.55. The molecule has 1 aliphatic heterocycles. The van der Waals surface area contributed by atoms with E-state index < -0.39 is 0 Å². The fourth-order valence-corrected chi connectivity index (χ4v) is 3.32. The summed E-state index contributed by atoms with van der Waals surface area (Å²) >= 11 is 5.26. The standard InChI is InChI=1S/C11H17BrN2S.ClH/c1-8(13)10-2-3-14(6-10)5-9-4-11(12)15-7-9;/h4,7-8,10H,2-3,5-6,13H2,1H3;1H. The molecule has 16 heavy (non-hydrogen) atoms. The van der Waals surface area contributed by atoms with Gasteiger partial charge in [-0.25, -0.2) is 0 Å². The van der Waals surface area contributed by atoms with Crippen molar-refractivity contribution in [2.45, 2.75) is 25.9 Å². The summed E-state index contributed by atoms with van der Waals surface area (Å²) in [5.41, 5.74) is 7.34. The molecule has 2 nitrogen and oxygen atoms in total. The van der Waals surface area contributed by atoms with Crippen molar-refractivity contribution >= 4 is 39.7 Å². The average Bonchev–Trinajstić information content (AvgIpc) is 2.76. The van der Waals surface area contributed by atoms with Gasteiger partial charge in [0.1, 0.15) is 0 Å². The maximum Gasteiger partial charge on any atom is 0.0701 e. The second-order valence-corrected chi connectivity index (χ2v) is 6.69. The van der Waals surface area contributed by atoms with Crippen LogP contribution in [0.5, 0.6) is 0 Å². The van der Waals surface area contributed by atoms with Crippen molar-refractivity contribution in [3.8, 4) is 0 Å². The van der Waals surface area contributed by atoms with E-state index >= 15 is 0 Å². The van der Waals surface area contributed by atoms with Crippen LogP contribution < -0.4 is 5.73 Å². The molecule has 0 radical (unpaired) electrons. The Hall–Kier alpha value is 0.390. The Kier molecular flexibility index (Phi) is 5.74. The minimum absolute atomic E-state index is 0. The van der Waals surface area contributed by atoms with Crippen LogP contribution in [0.3, 0.4) is 0 Å². The Labute approximate surface area is 116 Å². The Morgan fingerprint density at radius 2 is 2.44 bits per heavy atom. The molecule has 1 aromatic rings. The van der Waals surface area contributed by atoms with Crippen LogP contribution in [-0.2, 0) is 6.54 Å². The van der Waals surface area contributed by atoms with Gasteiger partial charge in [-0.15, -0.1) is 23.7 Å². The third kappa shape index (κ3) is 3.70. The van der Waals surface area contributed by atoms with Gasteiger partial charge in [-0.3, -0.25) is 4.90 Å². The normalized spacial score (nSPS) is 23.1. The molecule has 2 rings (SSSR count). The molecule has 0 aromatic carbocycles. The van der Waals surface area contributed by atoms with Gasteiger partial charge < -0.3 is 5.73 Å². The van der Waals surface area contributed by atoms with Gasteiger partial charge in [0.05, 0.1) is 3.79 Å². The van der Waals surface area contributed by atoms with Gasteiger partial charge in [0.15, 0.2) is 0 Å². The summed E-state index contributed by atoms with van der Waals surface area (Å²) in [4.78, 5) is 2.50. The number of nitrogens with zero attached hydrogens (tertiary/aromatic N) is 1. The van der Waals surface area contributed by atoms with E-state index in [-0.39, 0.29) is 12.4 Å². The van der Waals surface area contributed by atoms with Crippen molar-refractivity contribution < 1.29 is 0 Å². The molecule has 1 aromatic heterocycles. The lowest BCUT2D eigenvalue weighted by atomic mass is 10.0. The average molecular weight is 326 g/mol. The third-order valence-electron chi connectivity index (χ3n) is 3.08. The van der Waals surface area contributed by atoms with Crippen LogP contribution in [0.25, 0.3) is 0 Å². The minimum atomic E-state index is 0. The maximum absolute atomic E-state index is 5.93. The topological polar surface area (TPSA) is 29.3 Å². The number of nitrogens with two attached hydrogens (primary N) is 1. The molecular weight excluding hydrogens is 308 g/mol. The fourth-order valence-electron chi connectivity index (χ4n) is 2.12. The molecule has 0 bridgehead atoms. The van der Waals surface area contributed by atoms with Crippen LogP contribution in [0.15, 0.2) is 15.2 Å². The Morgan fingerprint density at radius 3 is 2.94 bits per heavy atom. The summed E-state index contributed by atoms with van der Waals surface area (Å²) in [6, 6.07) is 2.55. The molecule has 1 aliphatic rings. The SMILES string of the molecule is CC(N)C1CCN(Cc2csc(Br)c2)C1.Cl. The molecular formula is C11H18BrClN2S. The first kappa shape index (κ1) is 14.5. The van der Waals surface area contributed by atoms with Crippen LogP contribution in [0, 0.1) is 5.92 Å². The molecule has 0 saturated carbocycles. The summed E-state index contributed by atoms with van der Waals surface area (Å²) in [5, 5.41) is 2.23. The number of thiophene rings is 1. The van der Waals surface area contributed by atoms with Gasteiger partial charge in [-0.05, 0) is 58.7 Å². The van der Waals surface area contributed by atoms with E-state index in [4.69, 9.17) is 5.73 Å². The molecule has 2 unspecified atom stereocenters. The van der Waals surface area contributed by atoms with Crippen molar-refractivity contribution in [2.75, 3.05) is 13.1 Å². The van der Waals surface area contributed by atoms with Crippen molar-refractivity contribution in [1.82, 2.24) is 4.90 Å². The first-order valence-electron chi connectivity index (χ1n) is 5.36. The lowest BCUT2D eigenvalue weighted by Gasteiger charge is -2.17. The molecule has 92 valence electrons. The van der Waals surface area contributed by atoms with Gasteiger partial charge in [0.25, 0.3) is 0 Å². The number of rotatable bonds is 3. The van der Waals surface area contributed by atoms with Crippen LogP contribution in [-0.4, -0.2) is 24.0 Å². The van der Waals surface area contributed by atoms with Gasteiger partial charge in [-0.1, -0.05) is 0 Å². The number of halogens is 2. The van der Waals surface area contributed by atoms with Crippen molar-refractivity contribution in [1.29, 1.82) is 0 Å². The number of likely N-dealkylation sites (tertiary alicyclic amines) is 1. The van der Waals surface area contributed by atoms with Gasteiger partial charge in [0, 0.05) is 19.1 Å². The maximum atomic E-state index is 5.93. The van der Waals surface area contributed by atoms with Crippen LogP contribution in [0.4, 0.5) is 0 Å². The lowest BCUT2D eigenvalue weighted by molar-refractivity contribution is 0.309. The van der Waals surface area contributed by atoms with E-state index in [1.165, 1.54) is 22.3 Å². The van der Waals surface area contributed by atoms with Crippen molar-refractivity contribution in [3.05, 3.63) is 20.8 Å². The molecule has 0 aliphatic carbocycles. The fraction of sp³-hybridized carbons (Fsp3) is 0.636. The Balaban J connectivity index is 0.00000128. The van der Waals surface area contributed by atoms with E-state index in [0.29, 0.717) is 12.0 Å². The van der Waals surface area contributed by atoms with E-state index in [1.807, 2.05) is 0 Å². The number of hydrogen-bond acceptors (Lipinski definition) is 3. The van der Waals surface area contributed by atoms with Crippen molar-refractivity contribution in [2.24, 2.45) is 11.7 Å². The summed E-state index contributed by atoms with van der Waals surface area (Å²) in [6.07, 6.45) is 1.25. The Morgan fingerprint density at radius 1 is 1.69 bits per heavy atom. The molecule has 0 amide bonds. The predicted octanol–water partition coefficient (Wildman–Crippen LogP) is 3.10.